The molecule has 1 fully saturated rings. The van der Waals surface area contributed by atoms with Crippen LogP contribution in [-0.2, 0) is 6.54 Å². The highest BCUT2D eigenvalue weighted by atomic mass is 15.2. The minimum absolute atomic E-state index is 0.767. The van der Waals surface area contributed by atoms with Gasteiger partial charge in [0, 0.05) is 31.4 Å². The summed E-state index contributed by atoms with van der Waals surface area (Å²) in [6.07, 6.45) is 3.24. The third kappa shape index (κ3) is 2.97. The Labute approximate surface area is 104 Å². The Morgan fingerprint density at radius 1 is 1.35 bits per heavy atom. The van der Waals surface area contributed by atoms with E-state index in [2.05, 4.69) is 35.1 Å². The summed E-state index contributed by atoms with van der Waals surface area (Å²) in [4.78, 5) is 7.03. The third-order valence-electron chi connectivity index (χ3n) is 3.40. The van der Waals surface area contributed by atoms with Crippen molar-refractivity contribution in [1.29, 1.82) is 0 Å². The van der Waals surface area contributed by atoms with E-state index in [9.17, 15) is 0 Å². The molecule has 1 aromatic heterocycles. The molecule has 1 N–H and O–H groups in total. The molecule has 0 aromatic carbocycles. The number of hydrogen-bond acceptors (Lipinski definition) is 3. The fourth-order valence-corrected chi connectivity index (χ4v) is 2.88. The number of pyridine rings is 1. The van der Waals surface area contributed by atoms with Gasteiger partial charge in [0.1, 0.15) is 5.82 Å². The van der Waals surface area contributed by atoms with Gasteiger partial charge in [0.15, 0.2) is 0 Å². The monoisotopic (exact) mass is 233 g/mol. The Hall–Kier alpha value is -1.09. The van der Waals surface area contributed by atoms with Crippen molar-refractivity contribution < 1.29 is 0 Å². The van der Waals surface area contributed by atoms with Gasteiger partial charge in [-0.3, -0.25) is 0 Å². The molecule has 2 unspecified atom stereocenters. The van der Waals surface area contributed by atoms with Crippen LogP contribution in [0.25, 0.3) is 0 Å². The molecular formula is C14H23N3. The topological polar surface area (TPSA) is 28.2 Å². The van der Waals surface area contributed by atoms with Crippen LogP contribution in [0.3, 0.4) is 0 Å². The molecule has 3 heteroatoms. The number of nitrogens with zero attached hydrogens (tertiary/aromatic N) is 2. The van der Waals surface area contributed by atoms with Gasteiger partial charge in [-0.05, 0) is 31.4 Å². The first-order valence-electron chi connectivity index (χ1n) is 6.54. The van der Waals surface area contributed by atoms with Crippen LogP contribution in [0.2, 0.25) is 0 Å². The molecule has 0 radical (unpaired) electrons. The average Bonchev–Trinajstić information content (AvgIpc) is 2.29. The number of aromatic nitrogens is 1. The fourth-order valence-electron chi connectivity index (χ4n) is 2.88. The molecule has 0 bridgehead atoms. The summed E-state index contributed by atoms with van der Waals surface area (Å²) in [6.45, 7) is 7.84. The maximum absolute atomic E-state index is 4.58. The summed E-state index contributed by atoms with van der Waals surface area (Å²) in [6, 6.07) is 4.19. The van der Waals surface area contributed by atoms with E-state index in [1.165, 1.54) is 17.8 Å². The van der Waals surface area contributed by atoms with Crippen molar-refractivity contribution in [3.63, 3.8) is 0 Å². The molecule has 2 atom stereocenters. The van der Waals surface area contributed by atoms with E-state index in [1.807, 2.05) is 19.3 Å². The molecule has 2 heterocycles. The second kappa shape index (κ2) is 5.50. The average molecular weight is 233 g/mol. The SMILES string of the molecule is CNCc1cccnc1N1CC(C)CC(C)C1. The zero-order chi connectivity index (χ0) is 12.3. The van der Waals surface area contributed by atoms with Crippen molar-refractivity contribution in [3.8, 4) is 0 Å². The quantitative estimate of drug-likeness (QED) is 0.868. The summed E-state index contributed by atoms with van der Waals surface area (Å²) >= 11 is 0. The zero-order valence-corrected chi connectivity index (χ0v) is 11.1. The first-order valence-corrected chi connectivity index (χ1v) is 6.54. The van der Waals surface area contributed by atoms with Gasteiger partial charge in [-0.25, -0.2) is 4.98 Å². The Bertz CT molecular complexity index is 354. The van der Waals surface area contributed by atoms with E-state index in [0.717, 1.165) is 31.5 Å². The normalized spacial score (nSPS) is 25.0. The van der Waals surface area contributed by atoms with Gasteiger partial charge in [0.2, 0.25) is 0 Å². The lowest BCUT2D eigenvalue weighted by atomic mass is 9.91. The molecule has 94 valence electrons. The van der Waals surface area contributed by atoms with Crippen LogP contribution >= 0.6 is 0 Å². The van der Waals surface area contributed by atoms with Crippen LogP contribution in [0.1, 0.15) is 25.8 Å². The molecule has 0 aliphatic carbocycles. The Kier molecular flexibility index (Phi) is 4.00. The summed E-state index contributed by atoms with van der Waals surface area (Å²) in [5, 5.41) is 3.22. The van der Waals surface area contributed by atoms with Crippen molar-refractivity contribution in [2.45, 2.75) is 26.8 Å². The van der Waals surface area contributed by atoms with E-state index < -0.39 is 0 Å². The van der Waals surface area contributed by atoms with Crippen LogP contribution in [0.4, 0.5) is 5.82 Å². The van der Waals surface area contributed by atoms with Crippen LogP contribution in [0.15, 0.2) is 18.3 Å². The van der Waals surface area contributed by atoms with Gasteiger partial charge < -0.3 is 10.2 Å². The summed E-state index contributed by atoms with van der Waals surface area (Å²) in [5.74, 6) is 2.70. The molecular weight excluding hydrogens is 210 g/mol. The summed E-state index contributed by atoms with van der Waals surface area (Å²) in [7, 11) is 1.98. The number of nitrogens with one attached hydrogen (secondary N) is 1. The lowest BCUT2D eigenvalue weighted by molar-refractivity contribution is 0.355. The number of hydrogen-bond donors (Lipinski definition) is 1. The Morgan fingerprint density at radius 2 is 2.06 bits per heavy atom. The lowest BCUT2D eigenvalue weighted by Crippen LogP contribution is -2.39. The Balaban J connectivity index is 2.20. The third-order valence-corrected chi connectivity index (χ3v) is 3.40. The second-order valence-electron chi connectivity index (χ2n) is 5.37. The second-order valence-corrected chi connectivity index (χ2v) is 5.37. The predicted octanol–water partition coefficient (Wildman–Crippen LogP) is 2.28. The molecule has 3 nitrogen and oxygen atoms in total. The van der Waals surface area contributed by atoms with E-state index in [0.29, 0.717) is 0 Å². The van der Waals surface area contributed by atoms with E-state index in [-0.39, 0.29) is 0 Å². The molecule has 1 aliphatic rings. The largest absolute Gasteiger partial charge is 0.356 e. The first-order chi connectivity index (χ1) is 8.20. The van der Waals surface area contributed by atoms with Crippen LogP contribution in [0.5, 0.6) is 0 Å². The van der Waals surface area contributed by atoms with Gasteiger partial charge in [-0.15, -0.1) is 0 Å². The van der Waals surface area contributed by atoms with Gasteiger partial charge in [0.25, 0.3) is 0 Å². The van der Waals surface area contributed by atoms with E-state index >= 15 is 0 Å². The minimum Gasteiger partial charge on any atom is -0.356 e. The maximum Gasteiger partial charge on any atom is 0.133 e. The van der Waals surface area contributed by atoms with E-state index in [4.69, 9.17) is 0 Å². The highest BCUT2D eigenvalue weighted by Gasteiger charge is 2.23. The smallest absolute Gasteiger partial charge is 0.133 e. The van der Waals surface area contributed by atoms with Gasteiger partial charge in [-0.2, -0.15) is 0 Å². The van der Waals surface area contributed by atoms with Gasteiger partial charge >= 0.3 is 0 Å². The van der Waals surface area contributed by atoms with Crippen molar-refractivity contribution in [1.82, 2.24) is 10.3 Å². The molecule has 1 aromatic rings. The number of anilines is 1. The van der Waals surface area contributed by atoms with Crippen LogP contribution in [0, 0.1) is 11.8 Å². The molecule has 0 saturated carbocycles. The maximum atomic E-state index is 4.58. The van der Waals surface area contributed by atoms with Gasteiger partial charge in [-0.1, -0.05) is 19.9 Å². The van der Waals surface area contributed by atoms with Crippen molar-refractivity contribution in [2.24, 2.45) is 11.8 Å². The Morgan fingerprint density at radius 3 is 2.71 bits per heavy atom. The molecule has 1 aliphatic heterocycles. The number of rotatable bonds is 3. The highest BCUT2D eigenvalue weighted by molar-refractivity contribution is 5.47. The van der Waals surface area contributed by atoms with Gasteiger partial charge in [0.05, 0.1) is 0 Å². The standard InChI is InChI=1S/C14H23N3/c1-11-7-12(2)10-17(9-11)14-13(8-15-3)5-4-6-16-14/h4-6,11-12,15H,7-10H2,1-3H3. The van der Waals surface area contributed by atoms with Crippen molar-refractivity contribution in [3.05, 3.63) is 23.9 Å². The molecule has 17 heavy (non-hydrogen) atoms. The zero-order valence-electron chi connectivity index (χ0n) is 11.1. The first kappa shape index (κ1) is 12.4. The minimum atomic E-state index is 0.767. The molecule has 0 spiro atoms. The van der Waals surface area contributed by atoms with Crippen molar-refractivity contribution >= 4 is 5.82 Å². The molecule has 0 amide bonds. The van der Waals surface area contributed by atoms with Crippen LogP contribution < -0.4 is 10.2 Å². The molecule has 2 rings (SSSR count). The highest BCUT2D eigenvalue weighted by Crippen LogP contribution is 2.26. The van der Waals surface area contributed by atoms with E-state index in [1.54, 1.807) is 0 Å². The molecule has 1 saturated heterocycles. The summed E-state index contributed by atoms with van der Waals surface area (Å²) < 4.78 is 0. The predicted molar refractivity (Wildman–Crippen MR) is 72.2 cm³/mol. The fraction of sp³-hybridized carbons (Fsp3) is 0.643. The van der Waals surface area contributed by atoms with Crippen LogP contribution in [-0.4, -0.2) is 25.1 Å². The summed E-state index contributed by atoms with van der Waals surface area (Å²) in [5.41, 5.74) is 1.30. The van der Waals surface area contributed by atoms with Crippen molar-refractivity contribution in [2.75, 3.05) is 25.0 Å². The lowest BCUT2D eigenvalue weighted by Gasteiger charge is -2.36. The number of piperidine rings is 1.